The summed E-state index contributed by atoms with van der Waals surface area (Å²) in [6.45, 7) is 3.50. The molecule has 0 aromatic carbocycles. The zero-order chi connectivity index (χ0) is 14.5. The molecule has 0 saturated carbocycles. The summed E-state index contributed by atoms with van der Waals surface area (Å²) in [6, 6.07) is 5.59. The number of amides is 1. The molecule has 0 unspecified atom stereocenters. The number of furan rings is 1. The van der Waals surface area contributed by atoms with Crippen LogP contribution in [0.5, 0.6) is 0 Å². The maximum Gasteiger partial charge on any atom is 0.227 e. The molecule has 0 radical (unpaired) electrons. The van der Waals surface area contributed by atoms with Crippen LogP contribution in [0, 0.1) is 0 Å². The molecule has 1 N–H and O–H groups in total. The van der Waals surface area contributed by atoms with Crippen LogP contribution in [0.25, 0.3) is 0 Å². The number of aromatic nitrogens is 2. The van der Waals surface area contributed by atoms with Crippen LogP contribution in [0.3, 0.4) is 0 Å². The molecule has 1 aliphatic rings. The van der Waals surface area contributed by atoms with Gasteiger partial charge in [0.1, 0.15) is 11.6 Å². The van der Waals surface area contributed by atoms with Crippen molar-refractivity contribution >= 4 is 18.2 Å². The molecular weight excluding hydrogens is 270 g/mol. The van der Waals surface area contributed by atoms with Crippen molar-refractivity contribution < 1.29 is 9.21 Å². The highest BCUT2D eigenvalue weighted by Gasteiger charge is 2.17. The van der Waals surface area contributed by atoms with Gasteiger partial charge in [0, 0.05) is 32.4 Å². The Hall–Kier alpha value is -2.57. The average Bonchev–Trinajstić information content (AvgIpc) is 3.07. The number of carbonyl (C=O) groups excluding carboxylic acids is 1. The fourth-order valence-corrected chi connectivity index (χ4v) is 2.22. The van der Waals surface area contributed by atoms with Gasteiger partial charge >= 0.3 is 0 Å². The molecule has 1 saturated heterocycles. The van der Waals surface area contributed by atoms with E-state index in [1.807, 2.05) is 18.2 Å². The molecule has 2 aromatic heterocycles. The van der Waals surface area contributed by atoms with E-state index in [2.05, 4.69) is 20.2 Å². The summed E-state index contributed by atoms with van der Waals surface area (Å²) in [5.41, 5.74) is 0. The van der Waals surface area contributed by atoms with Crippen molar-refractivity contribution in [3.8, 4) is 0 Å². The van der Waals surface area contributed by atoms with Gasteiger partial charge in [-0.1, -0.05) is 0 Å². The van der Waals surface area contributed by atoms with Gasteiger partial charge in [-0.05, 0) is 18.2 Å². The minimum atomic E-state index is 0.586. The molecule has 3 heterocycles. The fraction of sp³-hybridized carbons (Fsp3) is 0.357. The van der Waals surface area contributed by atoms with Gasteiger partial charge in [0.15, 0.2) is 0 Å². The Morgan fingerprint density at radius 2 is 2.14 bits per heavy atom. The van der Waals surface area contributed by atoms with Gasteiger partial charge in [-0.25, -0.2) is 4.98 Å². The molecular formula is C14H17N5O2. The minimum Gasteiger partial charge on any atom is -0.467 e. The van der Waals surface area contributed by atoms with Crippen LogP contribution in [0.15, 0.2) is 35.1 Å². The van der Waals surface area contributed by atoms with E-state index in [4.69, 9.17) is 4.42 Å². The average molecular weight is 287 g/mol. The highest BCUT2D eigenvalue weighted by atomic mass is 16.3. The van der Waals surface area contributed by atoms with Crippen LogP contribution in [-0.2, 0) is 11.3 Å². The molecule has 7 heteroatoms. The number of carbonyl (C=O) groups is 1. The molecule has 2 aromatic rings. The zero-order valence-electron chi connectivity index (χ0n) is 11.6. The monoisotopic (exact) mass is 287 g/mol. The number of nitrogens with one attached hydrogen (secondary N) is 1. The predicted molar refractivity (Wildman–Crippen MR) is 77.9 cm³/mol. The van der Waals surface area contributed by atoms with Crippen LogP contribution in [-0.4, -0.2) is 47.5 Å². The van der Waals surface area contributed by atoms with Crippen LogP contribution in [0.4, 0.5) is 11.8 Å². The van der Waals surface area contributed by atoms with Crippen molar-refractivity contribution in [2.45, 2.75) is 6.54 Å². The van der Waals surface area contributed by atoms with E-state index in [9.17, 15) is 4.79 Å². The van der Waals surface area contributed by atoms with Crippen molar-refractivity contribution in [3.63, 3.8) is 0 Å². The van der Waals surface area contributed by atoms with Crippen LogP contribution < -0.4 is 10.2 Å². The lowest BCUT2D eigenvalue weighted by Gasteiger charge is -2.32. The van der Waals surface area contributed by atoms with Gasteiger partial charge in [0.2, 0.25) is 12.4 Å². The third-order valence-corrected chi connectivity index (χ3v) is 3.41. The van der Waals surface area contributed by atoms with Crippen molar-refractivity contribution in [2.75, 3.05) is 36.4 Å². The van der Waals surface area contributed by atoms with E-state index in [0.29, 0.717) is 25.6 Å². The highest BCUT2D eigenvalue weighted by Crippen LogP contribution is 2.14. The summed E-state index contributed by atoms with van der Waals surface area (Å²) in [5.74, 6) is 2.30. The van der Waals surface area contributed by atoms with Crippen molar-refractivity contribution in [2.24, 2.45) is 0 Å². The van der Waals surface area contributed by atoms with Crippen LogP contribution in [0.1, 0.15) is 5.76 Å². The summed E-state index contributed by atoms with van der Waals surface area (Å²) in [4.78, 5) is 23.4. The number of piperazine rings is 1. The number of rotatable bonds is 5. The van der Waals surface area contributed by atoms with Crippen molar-refractivity contribution in [1.82, 2.24) is 14.9 Å². The SMILES string of the molecule is O=CN1CCN(c2nccc(NCc3ccco3)n2)CC1. The smallest absolute Gasteiger partial charge is 0.227 e. The van der Waals surface area contributed by atoms with E-state index in [0.717, 1.165) is 31.1 Å². The molecule has 1 amide bonds. The number of hydrogen-bond acceptors (Lipinski definition) is 6. The third-order valence-electron chi connectivity index (χ3n) is 3.41. The van der Waals surface area contributed by atoms with Crippen LogP contribution in [0.2, 0.25) is 0 Å². The number of hydrogen-bond donors (Lipinski definition) is 1. The fourth-order valence-electron chi connectivity index (χ4n) is 2.22. The number of nitrogens with zero attached hydrogens (tertiary/aromatic N) is 4. The molecule has 7 nitrogen and oxygen atoms in total. The van der Waals surface area contributed by atoms with Crippen molar-refractivity contribution in [3.05, 3.63) is 36.4 Å². The summed E-state index contributed by atoms with van der Waals surface area (Å²) >= 11 is 0. The van der Waals surface area contributed by atoms with Gasteiger partial charge in [-0.15, -0.1) is 0 Å². The lowest BCUT2D eigenvalue weighted by Crippen LogP contribution is -2.46. The van der Waals surface area contributed by atoms with Crippen LogP contribution >= 0.6 is 0 Å². The first-order valence-corrected chi connectivity index (χ1v) is 6.89. The summed E-state index contributed by atoms with van der Waals surface area (Å²) in [7, 11) is 0. The van der Waals surface area contributed by atoms with E-state index in [1.165, 1.54) is 0 Å². The third kappa shape index (κ3) is 3.31. The Morgan fingerprint density at radius 3 is 2.86 bits per heavy atom. The molecule has 0 bridgehead atoms. The first kappa shape index (κ1) is 13.4. The zero-order valence-corrected chi connectivity index (χ0v) is 11.6. The van der Waals surface area contributed by atoms with E-state index < -0.39 is 0 Å². The summed E-state index contributed by atoms with van der Waals surface area (Å²) < 4.78 is 5.27. The Balaban J connectivity index is 1.61. The Morgan fingerprint density at radius 1 is 1.29 bits per heavy atom. The van der Waals surface area contributed by atoms with E-state index in [-0.39, 0.29) is 0 Å². The Bertz CT molecular complexity index is 579. The van der Waals surface area contributed by atoms with Crippen molar-refractivity contribution in [1.29, 1.82) is 0 Å². The second kappa shape index (κ2) is 6.25. The second-order valence-corrected chi connectivity index (χ2v) is 4.80. The van der Waals surface area contributed by atoms with E-state index >= 15 is 0 Å². The summed E-state index contributed by atoms with van der Waals surface area (Å²) in [5, 5.41) is 3.21. The largest absolute Gasteiger partial charge is 0.467 e. The molecule has 1 aliphatic heterocycles. The normalized spacial score (nSPS) is 15.0. The van der Waals surface area contributed by atoms with Gasteiger partial charge < -0.3 is 19.5 Å². The topological polar surface area (TPSA) is 74.5 Å². The standard InChI is InChI=1S/C14H17N5O2/c20-11-18-5-7-19(8-6-18)14-15-4-3-13(17-14)16-10-12-2-1-9-21-12/h1-4,9,11H,5-8,10H2,(H,15,16,17). The predicted octanol–water partition coefficient (Wildman–Crippen LogP) is 0.960. The first-order valence-electron chi connectivity index (χ1n) is 6.89. The van der Waals surface area contributed by atoms with Gasteiger partial charge in [0.05, 0.1) is 12.8 Å². The minimum absolute atomic E-state index is 0.586. The Kier molecular flexibility index (Phi) is 3.99. The molecule has 21 heavy (non-hydrogen) atoms. The Labute approximate surface area is 122 Å². The van der Waals surface area contributed by atoms with E-state index in [1.54, 1.807) is 17.4 Å². The first-order chi connectivity index (χ1) is 10.3. The van der Waals surface area contributed by atoms with Gasteiger partial charge in [0.25, 0.3) is 0 Å². The second-order valence-electron chi connectivity index (χ2n) is 4.80. The molecule has 0 spiro atoms. The lowest BCUT2D eigenvalue weighted by molar-refractivity contribution is -0.118. The molecule has 0 atom stereocenters. The molecule has 1 fully saturated rings. The van der Waals surface area contributed by atoms with Gasteiger partial charge in [-0.3, -0.25) is 4.79 Å². The highest BCUT2D eigenvalue weighted by molar-refractivity contribution is 5.49. The maximum absolute atomic E-state index is 10.7. The van der Waals surface area contributed by atoms with Gasteiger partial charge in [-0.2, -0.15) is 4.98 Å². The number of anilines is 2. The molecule has 110 valence electrons. The quantitative estimate of drug-likeness (QED) is 0.826. The molecule has 0 aliphatic carbocycles. The lowest BCUT2D eigenvalue weighted by atomic mass is 10.3. The maximum atomic E-state index is 10.7. The summed E-state index contributed by atoms with van der Waals surface area (Å²) in [6.07, 6.45) is 4.27. The molecule has 3 rings (SSSR count).